The molecule has 6 heteroatoms. The van der Waals surface area contributed by atoms with Crippen LogP contribution in [0.4, 0.5) is 17.1 Å². The van der Waals surface area contributed by atoms with Gasteiger partial charge in [0.15, 0.2) is 0 Å². The van der Waals surface area contributed by atoms with Gasteiger partial charge in [0, 0.05) is 36.2 Å². The summed E-state index contributed by atoms with van der Waals surface area (Å²) >= 11 is 0. The van der Waals surface area contributed by atoms with Crippen LogP contribution in [0.1, 0.15) is 20.3 Å². The highest BCUT2D eigenvalue weighted by Crippen LogP contribution is 2.24. The van der Waals surface area contributed by atoms with Crippen molar-refractivity contribution in [2.24, 2.45) is 5.92 Å². The van der Waals surface area contributed by atoms with E-state index < -0.39 is 4.92 Å². The first-order chi connectivity index (χ1) is 8.43. The summed E-state index contributed by atoms with van der Waals surface area (Å²) in [7, 11) is 0. The molecule has 0 saturated carbocycles. The normalized spacial score (nSPS) is 12.4. The minimum atomic E-state index is -0.474. The number of nitrogen functional groups attached to an aromatic ring is 1. The molecular weight excluding hydrogens is 234 g/mol. The molecule has 0 aliphatic heterocycles. The highest BCUT2D eigenvalue weighted by Gasteiger charge is 2.15. The smallest absolute Gasteiger partial charge is 0.273 e. The van der Waals surface area contributed by atoms with E-state index in [1.54, 1.807) is 6.07 Å². The second-order valence-corrected chi connectivity index (χ2v) is 4.58. The molecule has 0 saturated heterocycles. The second kappa shape index (κ2) is 6.20. The molecule has 0 amide bonds. The van der Waals surface area contributed by atoms with E-state index in [0.717, 1.165) is 0 Å². The summed E-state index contributed by atoms with van der Waals surface area (Å²) in [5.41, 5.74) is 6.54. The minimum Gasteiger partial charge on any atom is -0.398 e. The average molecular weight is 253 g/mol. The number of hydrogen-bond donors (Lipinski definition) is 3. The van der Waals surface area contributed by atoms with Crippen molar-refractivity contribution in [1.82, 2.24) is 0 Å². The van der Waals surface area contributed by atoms with Crippen LogP contribution >= 0.6 is 0 Å². The molecule has 1 rings (SSSR count). The molecule has 0 aromatic heterocycles. The van der Waals surface area contributed by atoms with Gasteiger partial charge in [0.05, 0.1) is 4.92 Å². The van der Waals surface area contributed by atoms with Gasteiger partial charge in [0.1, 0.15) is 0 Å². The van der Waals surface area contributed by atoms with E-state index in [0.29, 0.717) is 23.7 Å². The van der Waals surface area contributed by atoms with Crippen LogP contribution in [0.25, 0.3) is 0 Å². The van der Waals surface area contributed by atoms with Crippen molar-refractivity contribution >= 4 is 17.1 Å². The Balaban J connectivity index is 2.91. The van der Waals surface area contributed by atoms with Crippen molar-refractivity contribution in [1.29, 1.82) is 0 Å². The van der Waals surface area contributed by atoms with Gasteiger partial charge in [0.2, 0.25) is 0 Å². The zero-order chi connectivity index (χ0) is 13.7. The van der Waals surface area contributed by atoms with Gasteiger partial charge in [-0.3, -0.25) is 10.1 Å². The summed E-state index contributed by atoms with van der Waals surface area (Å²) in [5, 5.41) is 22.9. The quantitative estimate of drug-likeness (QED) is 0.409. The average Bonchev–Trinajstić information content (AvgIpc) is 2.27. The van der Waals surface area contributed by atoms with Gasteiger partial charge < -0.3 is 16.2 Å². The lowest BCUT2D eigenvalue weighted by molar-refractivity contribution is -0.384. The molecule has 0 fully saturated rings. The molecule has 0 aliphatic carbocycles. The Morgan fingerprint density at radius 1 is 1.44 bits per heavy atom. The molecule has 6 nitrogen and oxygen atoms in total. The fourth-order valence-corrected chi connectivity index (χ4v) is 1.75. The molecule has 1 aromatic rings. The predicted molar refractivity (Wildman–Crippen MR) is 71.5 cm³/mol. The first-order valence-corrected chi connectivity index (χ1v) is 5.86. The summed E-state index contributed by atoms with van der Waals surface area (Å²) < 4.78 is 0. The standard InChI is InChI=1S/C12H19N3O3/c1-8(2)12(3-4-16)14-10-5-9(13)6-11(7-10)15(17)18/h5-8,12,14,16H,3-4,13H2,1-2H3. The van der Waals surface area contributed by atoms with Crippen LogP contribution in [-0.4, -0.2) is 22.7 Å². The molecule has 0 spiro atoms. The Bertz CT molecular complexity index is 421. The number of nitro groups is 1. The SMILES string of the molecule is CC(C)C(CCO)Nc1cc(N)cc([N+](=O)[O-])c1. The van der Waals surface area contributed by atoms with Gasteiger partial charge in [-0.05, 0) is 18.4 Å². The lowest BCUT2D eigenvalue weighted by atomic mass is 10.0. The van der Waals surface area contributed by atoms with Crippen LogP contribution in [0, 0.1) is 16.0 Å². The third-order valence-corrected chi connectivity index (χ3v) is 2.75. The molecule has 1 unspecified atom stereocenters. The van der Waals surface area contributed by atoms with Crippen molar-refractivity contribution in [3.8, 4) is 0 Å². The molecule has 0 radical (unpaired) electrons. The lowest BCUT2D eigenvalue weighted by Crippen LogP contribution is -2.26. The molecule has 0 bridgehead atoms. The number of nitrogens with two attached hydrogens (primary N) is 1. The zero-order valence-electron chi connectivity index (χ0n) is 10.6. The van der Waals surface area contributed by atoms with Crippen LogP contribution in [0.3, 0.4) is 0 Å². The van der Waals surface area contributed by atoms with Crippen LogP contribution in [0.15, 0.2) is 18.2 Å². The van der Waals surface area contributed by atoms with Crippen molar-refractivity contribution in [2.75, 3.05) is 17.7 Å². The number of benzene rings is 1. The number of non-ortho nitro benzene ring substituents is 1. The lowest BCUT2D eigenvalue weighted by Gasteiger charge is -2.22. The number of hydrogen-bond acceptors (Lipinski definition) is 5. The second-order valence-electron chi connectivity index (χ2n) is 4.58. The highest BCUT2D eigenvalue weighted by atomic mass is 16.6. The van der Waals surface area contributed by atoms with Crippen molar-refractivity contribution in [2.45, 2.75) is 26.3 Å². The fraction of sp³-hybridized carbons (Fsp3) is 0.500. The Labute approximate surface area is 106 Å². The number of nitrogens with one attached hydrogen (secondary N) is 1. The largest absolute Gasteiger partial charge is 0.398 e. The van der Waals surface area contributed by atoms with Crippen LogP contribution in [0.2, 0.25) is 0 Å². The zero-order valence-corrected chi connectivity index (χ0v) is 10.6. The van der Waals surface area contributed by atoms with E-state index in [1.165, 1.54) is 12.1 Å². The highest BCUT2D eigenvalue weighted by molar-refractivity contribution is 5.61. The molecule has 100 valence electrons. The minimum absolute atomic E-state index is 0.0380. The molecule has 18 heavy (non-hydrogen) atoms. The maximum Gasteiger partial charge on any atom is 0.273 e. The third kappa shape index (κ3) is 3.89. The Kier molecular flexibility index (Phi) is 4.91. The van der Waals surface area contributed by atoms with Gasteiger partial charge in [-0.2, -0.15) is 0 Å². The van der Waals surface area contributed by atoms with E-state index in [-0.39, 0.29) is 18.3 Å². The van der Waals surface area contributed by atoms with Crippen molar-refractivity contribution in [3.05, 3.63) is 28.3 Å². The van der Waals surface area contributed by atoms with E-state index >= 15 is 0 Å². The number of rotatable bonds is 6. The fourth-order valence-electron chi connectivity index (χ4n) is 1.75. The summed E-state index contributed by atoms with van der Waals surface area (Å²) in [5.74, 6) is 0.303. The van der Waals surface area contributed by atoms with Crippen molar-refractivity contribution in [3.63, 3.8) is 0 Å². The van der Waals surface area contributed by atoms with E-state index in [2.05, 4.69) is 5.32 Å². The first-order valence-electron chi connectivity index (χ1n) is 5.86. The predicted octanol–water partition coefficient (Wildman–Crippen LogP) is 2.00. The van der Waals surface area contributed by atoms with E-state index in [9.17, 15) is 10.1 Å². The molecule has 4 N–H and O–H groups in total. The molecular formula is C12H19N3O3. The van der Waals surface area contributed by atoms with E-state index in [4.69, 9.17) is 10.8 Å². The maximum atomic E-state index is 10.7. The van der Waals surface area contributed by atoms with Crippen LogP contribution < -0.4 is 11.1 Å². The van der Waals surface area contributed by atoms with E-state index in [1.807, 2.05) is 13.8 Å². The maximum absolute atomic E-state index is 10.7. The molecule has 1 atom stereocenters. The Hall–Kier alpha value is -1.82. The summed E-state index contributed by atoms with van der Waals surface area (Å²) in [6.45, 7) is 4.11. The summed E-state index contributed by atoms with van der Waals surface area (Å²) in [6.07, 6.45) is 0.584. The van der Waals surface area contributed by atoms with Crippen molar-refractivity contribution < 1.29 is 10.0 Å². The number of nitrogens with zero attached hydrogens (tertiary/aromatic N) is 1. The monoisotopic (exact) mass is 253 g/mol. The summed E-state index contributed by atoms with van der Waals surface area (Å²) in [4.78, 5) is 10.3. The number of aliphatic hydroxyl groups is 1. The van der Waals surface area contributed by atoms with Crippen LogP contribution in [-0.2, 0) is 0 Å². The van der Waals surface area contributed by atoms with Gasteiger partial charge in [-0.25, -0.2) is 0 Å². The first kappa shape index (κ1) is 14.2. The van der Waals surface area contributed by atoms with Gasteiger partial charge in [0.25, 0.3) is 5.69 Å². The molecule has 1 aromatic carbocycles. The molecule has 0 heterocycles. The Morgan fingerprint density at radius 2 is 2.11 bits per heavy atom. The third-order valence-electron chi connectivity index (χ3n) is 2.75. The topological polar surface area (TPSA) is 101 Å². The van der Waals surface area contributed by atoms with Gasteiger partial charge in [-0.1, -0.05) is 13.8 Å². The van der Waals surface area contributed by atoms with Gasteiger partial charge in [-0.15, -0.1) is 0 Å². The van der Waals surface area contributed by atoms with Gasteiger partial charge >= 0.3 is 0 Å². The Morgan fingerprint density at radius 3 is 2.61 bits per heavy atom. The number of anilines is 2. The number of aliphatic hydroxyl groups excluding tert-OH is 1. The van der Waals surface area contributed by atoms with Crippen LogP contribution in [0.5, 0.6) is 0 Å². The molecule has 0 aliphatic rings. The number of nitro benzene ring substituents is 1. The summed E-state index contributed by atoms with van der Waals surface area (Å²) in [6, 6.07) is 4.47.